The van der Waals surface area contributed by atoms with Crippen LogP contribution in [0, 0.1) is 13.8 Å². The molecule has 0 unspecified atom stereocenters. The van der Waals surface area contributed by atoms with Crippen molar-refractivity contribution < 1.29 is 13.2 Å². The quantitative estimate of drug-likeness (QED) is 0.677. The molecule has 0 atom stereocenters. The van der Waals surface area contributed by atoms with Gasteiger partial charge >= 0.3 is 0 Å². The summed E-state index contributed by atoms with van der Waals surface area (Å²) in [5, 5.41) is 2.42. The molecule has 0 bridgehead atoms. The van der Waals surface area contributed by atoms with Gasteiger partial charge in [0.2, 0.25) is 15.9 Å². The Labute approximate surface area is 113 Å². The minimum absolute atomic E-state index is 0.0365. The van der Waals surface area contributed by atoms with Crippen molar-refractivity contribution in [3.63, 3.8) is 0 Å². The summed E-state index contributed by atoms with van der Waals surface area (Å²) in [5.74, 6) is -0.225. The molecule has 106 valence electrons. The molecular formula is C12H19N3O3S. The van der Waals surface area contributed by atoms with E-state index in [4.69, 9.17) is 5.73 Å². The summed E-state index contributed by atoms with van der Waals surface area (Å²) in [6.45, 7) is 3.56. The van der Waals surface area contributed by atoms with Gasteiger partial charge in [-0.15, -0.1) is 0 Å². The molecule has 0 aliphatic heterocycles. The Morgan fingerprint density at radius 3 is 2.53 bits per heavy atom. The van der Waals surface area contributed by atoms with Gasteiger partial charge in [0, 0.05) is 20.0 Å². The fourth-order valence-corrected chi connectivity index (χ4v) is 3.12. The maximum Gasteiger partial charge on any atom is 0.242 e. The summed E-state index contributed by atoms with van der Waals surface area (Å²) in [5.41, 5.74) is 7.41. The Hall–Kier alpha value is -1.60. The molecule has 0 saturated carbocycles. The maximum atomic E-state index is 12.2. The highest BCUT2D eigenvalue weighted by atomic mass is 32.2. The predicted molar refractivity (Wildman–Crippen MR) is 74.2 cm³/mol. The van der Waals surface area contributed by atoms with Gasteiger partial charge in [-0.2, -0.15) is 0 Å². The first-order valence-electron chi connectivity index (χ1n) is 5.85. The van der Waals surface area contributed by atoms with E-state index >= 15 is 0 Å². The Morgan fingerprint density at radius 2 is 1.95 bits per heavy atom. The first-order valence-corrected chi connectivity index (χ1v) is 7.34. The van der Waals surface area contributed by atoms with E-state index in [1.807, 2.05) is 6.92 Å². The summed E-state index contributed by atoms with van der Waals surface area (Å²) < 4.78 is 26.7. The minimum atomic E-state index is -3.70. The minimum Gasteiger partial charge on any atom is -0.398 e. The number of benzene rings is 1. The molecule has 4 N–H and O–H groups in total. The second-order valence-corrected chi connectivity index (χ2v) is 5.95. The molecule has 1 rings (SSSR count). The van der Waals surface area contributed by atoms with E-state index in [1.165, 1.54) is 7.05 Å². The van der Waals surface area contributed by atoms with Gasteiger partial charge in [0.05, 0.1) is 5.69 Å². The molecule has 6 nitrogen and oxygen atoms in total. The highest BCUT2D eigenvalue weighted by Gasteiger charge is 2.20. The third-order valence-electron chi connectivity index (χ3n) is 2.90. The van der Waals surface area contributed by atoms with Crippen molar-refractivity contribution in [1.29, 1.82) is 0 Å². The fourth-order valence-electron chi connectivity index (χ4n) is 1.66. The Balaban J connectivity index is 2.95. The first-order chi connectivity index (χ1) is 8.79. The lowest BCUT2D eigenvalue weighted by Gasteiger charge is -2.13. The number of anilines is 1. The number of nitrogens with one attached hydrogen (secondary N) is 2. The molecule has 19 heavy (non-hydrogen) atoms. The smallest absolute Gasteiger partial charge is 0.242 e. The lowest BCUT2D eigenvalue weighted by Crippen LogP contribution is -2.30. The highest BCUT2D eigenvalue weighted by Crippen LogP contribution is 2.24. The van der Waals surface area contributed by atoms with Crippen LogP contribution in [0.15, 0.2) is 17.0 Å². The van der Waals surface area contributed by atoms with Gasteiger partial charge in [0.1, 0.15) is 4.90 Å². The van der Waals surface area contributed by atoms with Gasteiger partial charge < -0.3 is 11.1 Å². The Bertz CT molecular complexity index is 582. The van der Waals surface area contributed by atoms with Crippen LogP contribution in [0.2, 0.25) is 0 Å². The first kappa shape index (κ1) is 15.5. The van der Waals surface area contributed by atoms with Crippen LogP contribution in [0.4, 0.5) is 5.69 Å². The van der Waals surface area contributed by atoms with E-state index in [2.05, 4.69) is 10.0 Å². The van der Waals surface area contributed by atoms with Crippen molar-refractivity contribution >= 4 is 21.6 Å². The van der Waals surface area contributed by atoms with E-state index in [-0.39, 0.29) is 29.5 Å². The van der Waals surface area contributed by atoms with Crippen LogP contribution in [0.3, 0.4) is 0 Å². The molecular weight excluding hydrogens is 266 g/mol. The molecule has 0 saturated heterocycles. The number of hydrogen-bond donors (Lipinski definition) is 3. The van der Waals surface area contributed by atoms with Crippen LogP contribution < -0.4 is 15.8 Å². The topological polar surface area (TPSA) is 101 Å². The van der Waals surface area contributed by atoms with E-state index < -0.39 is 10.0 Å². The van der Waals surface area contributed by atoms with Crippen molar-refractivity contribution in [2.75, 3.05) is 19.3 Å². The molecule has 0 radical (unpaired) electrons. The summed E-state index contributed by atoms with van der Waals surface area (Å²) in [7, 11) is -2.20. The van der Waals surface area contributed by atoms with Gasteiger partial charge in [-0.25, -0.2) is 13.1 Å². The normalized spacial score (nSPS) is 11.3. The average Bonchev–Trinajstić information content (AvgIpc) is 2.33. The van der Waals surface area contributed by atoms with Gasteiger partial charge in [-0.05, 0) is 31.0 Å². The molecule has 0 fully saturated rings. The monoisotopic (exact) mass is 285 g/mol. The third kappa shape index (κ3) is 3.68. The highest BCUT2D eigenvalue weighted by molar-refractivity contribution is 7.89. The number of sulfonamides is 1. The van der Waals surface area contributed by atoms with Gasteiger partial charge in [0.15, 0.2) is 0 Å². The molecule has 0 aromatic heterocycles. The number of amides is 1. The summed E-state index contributed by atoms with van der Waals surface area (Å²) >= 11 is 0. The number of aryl methyl sites for hydroxylation is 1. The Kier molecular flexibility index (Phi) is 4.90. The van der Waals surface area contributed by atoms with E-state index in [1.54, 1.807) is 19.1 Å². The second kappa shape index (κ2) is 6.03. The zero-order valence-electron chi connectivity index (χ0n) is 11.3. The summed E-state index contributed by atoms with van der Waals surface area (Å²) in [6.07, 6.45) is 0.0838. The Morgan fingerprint density at radius 1 is 1.32 bits per heavy atom. The van der Waals surface area contributed by atoms with Crippen LogP contribution >= 0.6 is 0 Å². The zero-order chi connectivity index (χ0) is 14.6. The molecule has 1 aromatic rings. The molecule has 0 heterocycles. The standard InChI is InChI=1S/C12H19N3O3S/c1-8-4-5-10(13)12(9(8)2)19(17,18)15-7-6-11(16)14-3/h4-5,15H,6-7,13H2,1-3H3,(H,14,16). The molecule has 0 aliphatic carbocycles. The maximum absolute atomic E-state index is 12.2. The fraction of sp³-hybridized carbons (Fsp3) is 0.417. The van der Waals surface area contributed by atoms with Crippen LogP contribution in [0.1, 0.15) is 17.5 Å². The van der Waals surface area contributed by atoms with Crippen molar-refractivity contribution in [3.8, 4) is 0 Å². The molecule has 0 spiro atoms. The molecule has 7 heteroatoms. The number of nitrogen functional groups attached to an aromatic ring is 1. The van der Waals surface area contributed by atoms with Crippen LogP contribution in [0.25, 0.3) is 0 Å². The predicted octanol–water partition coefficient (Wildman–Crippen LogP) is 0.300. The molecule has 0 aliphatic rings. The second-order valence-electron chi connectivity index (χ2n) is 4.25. The number of nitrogens with two attached hydrogens (primary N) is 1. The number of carbonyl (C=O) groups excluding carboxylic acids is 1. The average molecular weight is 285 g/mol. The van der Waals surface area contributed by atoms with Gasteiger partial charge in [-0.3, -0.25) is 4.79 Å². The summed E-state index contributed by atoms with van der Waals surface area (Å²) in [6, 6.07) is 3.34. The van der Waals surface area contributed by atoms with E-state index in [9.17, 15) is 13.2 Å². The van der Waals surface area contributed by atoms with Crippen molar-refractivity contribution in [2.45, 2.75) is 25.2 Å². The molecule has 1 aromatic carbocycles. The largest absolute Gasteiger partial charge is 0.398 e. The SMILES string of the molecule is CNC(=O)CCNS(=O)(=O)c1c(N)ccc(C)c1C. The van der Waals surface area contributed by atoms with Crippen molar-refractivity contribution in [1.82, 2.24) is 10.0 Å². The lowest BCUT2D eigenvalue weighted by atomic mass is 10.1. The van der Waals surface area contributed by atoms with Crippen LogP contribution in [-0.2, 0) is 14.8 Å². The number of rotatable bonds is 5. The van der Waals surface area contributed by atoms with E-state index in [0.29, 0.717) is 5.56 Å². The van der Waals surface area contributed by atoms with Gasteiger partial charge in [0.25, 0.3) is 0 Å². The number of hydrogen-bond acceptors (Lipinski definition) is 4. The summed E-state index contributed by atoms with van der Waals surface area (Å²) in [4.78, 5) is 11.1. The van der Waals surface area contributed by atoms with Crippen LogP contribution in [0.5, 0.6) is 0 Å². The third-order valence-corrected chi connectivity index (χ3v) is 4.56. The lowest BCUT2D eigenvalue weighted by molar-refractivity contribution is -0.120. The zero-order valence-corrected chi connectivity index (χ0v) is 12.1. The van der Waals surface area contributed by atoms with Crippen molar-refractivity contribution in [2.24, 2.45) is 0 Å². The van der Waals surface area contributed by atoms with Crippen LogP contribution in [-0.4, -0.2) is 27.9 Å². The molecule has 1 amide bonds. The van der Waals surface area contributed by atoms with Gasteiger partial charge in [-0.1, -0.05) is 6.07 Å². The van der Waals surface area contributed by atoms with E-state index in [0.717, 1.165) is 5.56 Å². The van der Waals surface area contributed by atoms with Crippen molar-refractivity contribution in [3.05, 3.63) is 23.3 Å². The number of carbonyl (C=O) groups is 1.